The molecule has 11 heteroatoms. The van der Waals surface area contributed by atoms with Gasteiger partial charge in [-0.15, -0.1) is 0 Å². The van der Waals surface area contributed by atoms with E-state index < -0.39 is 35.5 Å². The van der Waals surface area contributed by atoms with E-state index in [4.69, 9.17) is 5.41 Å². The summed E-state index contributed by atoms with van der Waals surface area (Å²) >= 11 is 0. The molecule has 3 aromatic rings. The first kappa shape index (κ1) is 30.6. The summed E-state index contributed by atoms with van der Waals surface area (Å²) in [6, 6.07) is 11.2. The SMILES string of the molecule is CN1CCC(C(=O)N[C@@H](Cc2c[nH]c3ccccc23)C(=O)N[C@@H](CCC(=O)C=N)C(=O)NCc2ccc(F)cc2)CC1. The molecule has 1 saturated heterocycles. The van der Waals surface area contributed by atoms with Crippen LogP contribution in [0.4, 0.5) is 4.39 Å². The zero-order valence-electron chi connectivity index (χ0n) is 23.6. The van der Waals surface area contributed by atoms with Gasteiger partial charge in [-0.2, -0.15) is 0 Å². The predicted octanol–water partition coefficient (Wildman–Crippen LogP) is 2.48. The number of aromatic nitrogens is 1. The summed E-state index contributed by atoms with van der Waals surface area (Å²) < 4.78 is 13.3. The van der Waals surface area contributed by atoms with Gasteiger partial charge in [0.25, 0.3) is 0 Å². The quantitative estimate of drug-likeness (QED) is 0.198. The van der Waals surface area contributed by atoms with Crippen LogP contribution in [0.5, 0.6) is 0 Å². The van der Waals surface area contributed by atoms with Crippen molar-refractivity contribution in [3.05, 3.63) is 71.7 Å². The van der Waals surface area contributed by atoms with Crippen molar-refractivity contribution in [1.29, 1.82) is 5.41 Å². The van der Waals surface area contributed by atoms with Gasteiger partial charge in [-0.3, -0.25) is 19.2 Å². The topological polar surface area (TPSA) is 147 Å². The van der Waals surface area contributed by atoms with Crippen LogP contribution in [0.15, 0.2) is 54.7 Å². The van der Waals surface area contributed by atoms with Gasteiger partial charge in [-0.1, -0.05) is 30.3 Å². The van der Waals surface area contributed by atoms with Crippen LogP contribution in [0.1, 0.15) is 36.8 Å². The number of hydrogen-bond donors (Lipinski definition) is 5. The molecule has 0 saturated carbocycles. The van der Waals surface area contributed by atoms with Crippen LogP contribution < -0.4 is 16.0 Å². The fourth-order valence-corrected chi connectivity index (χ4v) is 5.10. The number of Topliss-reactive ketones (excluding diaryl/α,β-unsaturated/α-hetero) is 1. The van der Waals surface area contributed by atoms with E-state index in [9.17, 15) is 23.6 Å². The molecule has 0 bridgehead atoms. The number of ketones is 1. The van der Waals surface area contributed by atoms with Crippen molar-refractivity contribution in [2.75, 3.05) is 20.1 Å². The van der Waals surface area contributed by atoms with Gasteiger partial charge in [0.05, 0.1) is 6.21 Å². The lowest BCUT2D eigenvalue weighted by atomic mass is 9.95. The van der Waals surface area contributed by atoms with Crippen LogP contribution in [0.25, 0.3) is 10.9 Å². The fourth-order valence-electron chi connectivity index (χ4n) is 5.10. The Morgan fingerprint density at radius 1 is 1.02 bits per heavy atom. The highest BCUT2D eigenvalue weighted by molar-refractivity contribution is 6.26. The first-order valence-corrected chi connectivity index (χ1v) is 14.1. The Morgan fingerprint density at radius 3 is 2.45 bits per heavy atom. The van der Waals surface area contributed by atoms with Gasteiger partial charge < -0.3 is 31.2 Å². The van der Waals surface area contributed by atoms with Gasteiger partial charge in [-0.25, -0.2) is 4.39 Å². The molecular formula is C31H37FN6O4. The molecule has 2 aromatic carbocycles. The highest BCUT2D eigenvalue weighted by Crippen LogP contribution is 2.21. The summed E-state index contributed by atoms with van der Waals surface area (Å²) in [6.07, 6.45) is 3.90. The summed E-state index contributed by atoms with van der Waals surface area (Å²) in [7, 11) is 2.01. The van der Waals surface area contributed by atoms with E-state index in [2.05, 4.69) is 25.8 Å². The molecule has 4 rings (SSSR count). The molecule has 2 atom stereocenters. The van der Waals surface area contributed by atoms with Crippen molar-refractivity contribution in [3.8, 4) is 0 Å². The number of halogens is 1. The summed E-state index contributed by atoms with van der Waals surface area (Å²) in [5.41, 5.74) is 2.40. The maximum atomic E-state index is 13.7. The second kappa shape index (κ2) is 14.5. The Balaban J connectivity index is 1.51. The molecule has 5 N–H and O–H groups in total. The van der Waals surface area contributed by atoms with Crippen molar-refractivity contribution in [1.82, 2.24) is 25.8 Å². The van der Waals surface area contributed by atoms with Crippen molar-refractivity contribution in [2.45, 2.75) is 50.7 Å². The smallest absolute Gasteiger partial charge is 0.243 e. The van der Waals surface area contributed by atoms with Gasteiger partial charge in [0.2, 0.25) is 17.7 Å². The summed E-state index contributed by atoms with van der Waals surface area (Å²) in [6.45, 7) is 1.67. The minimum absolute atomic E-state index is 0.0298. The number of likely N-dealkylation sites (tertiary alicyclic amines) is 1. The van der Waals surface area contributed by atoms with Crippen LogP contribution in [0, 0.1) is 17.1 Å². The average Bonchev–Trinajstić information content (AvgIpc) is 3.41. The number of H-pyrrole nitrogens is 1. The largest absolute Gasteiger partial charge is 0.361 e. The number of fused-ring (bicyclic) bond motifs is 1. The molecule has 0 unspecified atom stereocenters. The number of hydrogen-bond acceptors (Lipinski definition) is 6. The van der Waals surface area contributed by atoms with E-state index in [0.717, 1.165) is 29.6 Å². The summed E-state index contributed by atoms with van der Waals surface area (Å²) in [4.78, 5) is 57.4. The van der Waals surface area contributed by atoms with E-state index in [-0.39, 0.29) is 37.6 Å². The normalized spacial score (nSPS) is 15.5. The van der Waals surface area contributed by atoms with Gasteiger partial charge in [-0.05, 0) is 68.7 Å². The molecular weight excluding hydrogens is 539 g/mol. The number of carbonyl (C=O) groups excluding carboxylic acids is 4. The molecule has 0 aliphatic carbocycles. The maximum Gasteiger partial charge on any atom is 0.243 e. The Bertz CT molecular complexity index is 1410. The Morgan fingerprint density at radius 2 is 1.74 bits per heavy atom. The minimum Gasteiger partial charge on any atom is -0.361 e. The third-order valence-electron chi connectivity index (χ3n) is 7.67. The molecule has 2 heterocycles. The number of amides is 3. The lowest BCUT2D eigenvalue weighted by molar-refractivity contribution is -0.134. The predicted molar refractivity (Wildman–Crippen MR) is 157 cm³/mol. The standard InChI is InChI=1S/C31H37FN6O4/c1-38-14-12-21(13-15-38)29(40)37-28(16-22-19-34-26-5-3-2-4-25(22)26)31(42)36-27(11-10-24(39)17-33)30(41)35-18-20-6-8-23(32)9-7-20/h2-9,17,19,21,27-28,33-34H,10-16,18H2,1H3,(H,35,41)(H,36,42)(H,37,40)/t27-,28-/m0/s1. The molecule has 10 nitrogen and oxygen atoms in total. The van der Waals surface area contributed by atoms with Crippen LogP contribution in [-0.2, 0) is 32.1 Å². The van der Waals surface area contributed by atoms with Crippen molar-refractivity contribution < 1.29 is 23.6 Å². The van der Waals surface area contributed by atoms with Gasteiger partial charge >= 0.3 is 0 Å². The maximum absolute atomic E-state index is 13.7. The number of carbonyl (C=O) groups is 4. The zero-order chi connectivity index (χ0) is 30.1. The number of piperidine rings is 1. The molecule has 0 radical (unpaired) electrons. The number of benzene rings is 2. The average molecular weight is 577 g/mol. The van der Waals surface area contributed by atoms with Crippen LogP contribution in [0.2, 0.25) is 0 Å². The number of aromatic amines is 1. The Hall–Kier alpha value is -4.38. The lowest BCUT2D eigenvalue weighted by Gasteiger charge is -2.30. The van der Waals surface area contributed by atoms with Crippen molar-refractivity contribution >= 4 is 40.6 Å². The molecule has 0 spiro atoms. The summed E-state index contributed by atoms with van der Waals surface area (Å²) in [5, 5.41) is 16.5. The number of nitrogens with zero attached hydrogens (tertiary/aromatic N) is 1. The number of nitrogens with one attached hydrogen (secondary N) is 5. The van der Waals surface area contributed by atoms with Crippen molar-refractivity contribution in [2.24, 2.45) is 5.92 Å². The van der Waals surface area contributed by atoms with E-state index in [0.29, 0.717) is 24.6 Å². The van der Waals surface area contributed by atoms with Gasteiger partial charge in [0.1, 0.15) is 17.9 Å². The monoisotopic (exact) mass is 576 g/mol. The minimum atomic E-state index is -1.09. The van der Waals surface area contributed by atoms with E-state index in [1.54, 1.807) is 0 Å². The highest BCUT2D eigenvalue weighted by Gasteiger charge is 2.31. The van der Waals surface area contributed by atoms with Crippen LogP contribution in [0.3, 0.4) is 0 Å². The van der Waals surface area contributed by atoms with E-state index >= 15 is 0 Å². The third-order valence-corrected chi connectivity index (χ3v) is 7.67. The molecule has 1 aromatic heterocycles. The van der Waals surface area contributed by atoms with Crippen molar-refractivity contribution in [3.63, 3.8) is 0 Å². The Labute approximate surface area is 243 Å². The summed E-state index contributed by atoms with van der Waals surface area (Å²) in [5.74, 6) is -2.39. The molecule has 3 amide bonds. The molecule has 1 aliphatic rings. The van der Waals surface area contributed by atoms with Gasteiger partial charge in [0, 0.05) is 42.4 Å². The van der Waals surface area contributed by atoms with Crippen LogP contribution >= 0.6 is 0 Å². The third kappa shape index (κ3) is 8.32. The molecule has 222 valence electrons. The number of para-hydroxylation sites is 1. The van der Waals surface area contributed by atoms with Gasteiger partial charge in [0.15, 0.2) is 5.78 Å². The van der Waals surface area contributed by atoms with E-state index in [1.807, 2.05) is 37.5 Å². The highest BCUT2D eigenvalue weighted by atomic mass is 19.1. The van der Waals surface area contributed by atoms with Crippen LogP contribution in [-0.4, -0.2) is 71.8 Å². The molecule has 42 heavy (non-hydrogen) atoms. The molecule has 1 aliphatic heterocycles. The number of rotatable bonds is 13. The fraction of sp³-hybridized carbons (Fsp3) is 0.387. The Kier molecular flexibility index (Phi) is 10.6. The second-order valence-electron chi connectivity index (χ2n) is 10.8. The second-order valence-corrected chi connectivity index (χ2v) is 10.8. The molecule has 1 fully saturated rings. The first-order chi connectivity index (χ1) is 20.2. The lowest BCUT2D eigenvalue weighted by Crippen LogP contribution is -2.55. The zero-order valence-corrected chi connectivity index (χ0v) is 23.6. The first-order valence-electron chi connectivity index (χ1n) is 14.1. The van der Waals surface area contributed by atoms with E-state index in [1.165, 1.54) is 24.3 Å².